The smallest absolute Gasteiger partial charge is 0.129 e. The molecule has 1 heterocycles. The fourth-order valence-electron chi connectivity index (χ4n) is 3.12. The molecule has 0 fully saturated rings. The van der Waals surface area contributed by atoms with Gasteiger partial charge in [0.25, 0.3) is 0 Å². The highest BCUT2D eigenvalue weighted by Crippen LogP contribution is 2.37. The summed E-state index contributed by atoms with van der Waals surface area (Å²) >= 11 is 0. The van der Waals surface area contributed by atoms with Crippen LogP contribution in [-0.2, 0) is 0 Å². The lowest BCUT2D eigenvalue weighted by atomic mass is 9.89. The van der Waals surface area contributed by atoms with Gasteiger partial charge in [-0.2, -0.15) is 0 Å². The minimum atomic E-state index is 0.171. The fourth-order valence-corrected chi connectivity index (χ4v) is 3.12. The second-order valence-corrected chi connectivity index (χ2v) is 5.96. The Morgan fingerprint density at radius 1 is 1.00 bits per heavy atom. The van der Waals surface area contributed by atoms with Gasteiger partial charge in [0, 0.05) is 23.0 Å². The van der Waals surface area contributed by atoms with Crippen molar-refractivity contribution in [3.05, 3.63) is 65.9 Å². The summed E-state index contributed by atoms with van der Waals surface area (Å²) in [4.78, 5) is 3.41. The molecule has 2 heteroatoms. The summed E-state index contributed by atoms with van der Waals surface area (Å²) in [5.41, 5.74) is 3.81. The Hall–Kier alpha value is -2.22. The molecule has 0 aliphatic carbocycles. The van der Waals surface area contributed by atoms with E-state index in [1.807, 2.05) is 6.07 Å². The Morgan fingerprint density at radius 2 is 1.77 bits per heavy atom. The normalized spacial score (nSPS) is 12.7. The zero-order chi connectivity index (χ0) is 15.5. The zero-order valence-corrected chi connectivity index (χ0v) is 13.5. The van der Waals surface area contributed by atoms with Crippen molar-refractivity contribution in [3.63, 3.8) is 0 Å². The summed E-state index contributed by atoms with van der Waals surface area (Å²) in [6.45, 7) is 6.38. The topological polar surface area (TPSA) is 25.0 Å². The van der Waals surface area contributed by atoms with Gasteiger partial charge in [0.15, 0.2) is 0 Å². The lowest BCUT2D eigenvalue weighted by Crippen LogP contribution is -2.06. The Morgan fingerprint density at radius 3 is 2.45 bits per heavy atom. The molecule has 0 saturated carbocycles. The number of ether oxygens (including phenoxy) is 1. The number of aromatic amines is 1. The summed E-state index contributed by atoms with van der Waals surface area (Å²) in [6, 6.07) is 16.9. The first-order valence-corrected chi connectivity index (χ1v) is 8.02. The Labute approximate surface area is 132 Å². The fraction of sp³-hybridized carbons (Fsp3) is 0.300. The predicted molar refractivity (Wildman–Crippen MR) is 92.6 cm³/mol. The average molecular weight is 293 g/mol. The molecular weight excluding hydrogens is 270 g/mol. The molecule has 0 aliphatic rings. The van der Waals surface area contributed by atoms with Crippen molar-refractivity contribution in [2.24, 2.45) is 0 Å². The molecule has 3 rings (SSSR count). The minimum absolute atomic E-state index is 0.171. The molecule has 0 radical (unpaired) electrons. The van der Waals surface area contributed by atoms with E-state index in [2.05, 4.69) is 74.4 Å². The molecule has 3 aromatic rings. The molecule has 0 unspecified atom stereocenters. The second-order valence-electron chi connectivity index (χ2n) is 5.96. The van der Waals surface area contributed by atoms with Gasteiger partial charge in [-0.15, -0.1) is 0 Å². The summed E-state index contributed by atoms with van der Waals surface area (Å²) < 4.78 is 6.04. The molecule has 22 heavy (non-hydrogen) atoms. The van der Waals surface area contributed by atoms with Crippen LogP contribution in [0.25, 0.3) is 10.9 Å². The molecule has 0 saturated heterocycles. The van der Waals surface area contributed by atoms with Crippen molar-refractivity contribution >= 4 is 10.9 Å². The van der Waals surface area contributed by atoms with Crippen molar-refractivity contribution in [2.45, 2.75) is 39.2 Å². The van der Waals surface area contributed by atoms with Crippen LogP contribution in [0.1, 0.15) is 44.2 Å². The third kappa shape index (κ3) is 2.74. The SMILES string of the molecule is CC[C@@H](c1ccccc1)c1c[nH]c2cccc(OC(C)C)c12. The second kappa shape index (κ2) is 6.27. The van der Waals surface area contributed by atoms with Crippen LogP contribution in [0.4, 0.5) is 0 Å². The molecule has 0 bridgehead atoms. The highest BCUT2D eigenvalue weighted by atomic mass is 16.5. The quantitative estimate of drug-likeness (QED) is 0.660. The van der Waals surface area contributed by atoms with E-state index >= 15 is 0 Å². The Kier molecular flexibility index (Phi) is 4.19. The monoisotopic (exact) mass is 293 g/mol. The van der Waals surface area contributed by atoms with E-state index in [9.17, 15) is 0 Å². The van der Waals surface area contributed by atoms with Gasteiger partial charge in [-0.3, -0.25) is 0 Å². The van der Waals surface area contributed by atoms with Gasteiger partial charge < -0.3 is 9.72 Å². The minimum Gasteiger partial charge on any atom is -0.490 e. The first-order chi connectivity index (χ1) is 10.7. The van der Waals surface area contributed by atoms with Gasteiger partial charge in [0.1, 0.15) is 5.75 Å². The lowest BCUT2D eigenvalue weighted by molar-refractivity contribution is 0.245. The van der Waals surface area contributed by atoms with Crippen molar-refractivity contribution in [2.75, 3.05) is 0 Å². The van der Waals surface area contributed by atoms with Crippen LogP contribution in [0.3, 0.4) is 0 Å². The highest BCUT2D eigenvalue weighted by Gasteiger charge is 2.19. The van der Waals surface area contributed by atoms with Crippen molar-refractivity contribution in [1.29, 1.82) is 0 Å². The third-order valence-electron chi connectivity index (χ3n) is 4.05. The third-order valence-corrected chi connectivity index (χ3v) is 4.05. The van der Waals surface area contributed by atoms with Crippen LogP contribution in [0.2, 0.25) is 0 Å². The Bertz CT molecular complexity index is 743. The first kappa shape index (κ1) is 14.7. The highest BCUT2D eigenvalue weighted by molar-refractivity contribution is 5.90. The molecule has 0 aliphatic heterocycles. The predicted octanol–water partition coefficient (Wildman–Crippen LogP) is 5.50. The Balaban J connectivity index is 2.13. The van der Waals surface area contributed by atoms with Crippen LogP contribution in [-0.4, -0.2) is 11.1 Å². The largest absolute Gasteiger partial charge is 0.490 e. The molecule has 1 atom stereocenters. The van der Waals surface area contributed by atoms with E-state index in [1.165, 1.54) is 16.5 Å². The number of aromatic nitrogens is 1. The molecule has 2 nitrogen and oxygen atoms in total. The summed E-state index contributed by atoms with van der Waals surface area (Å²) in [7, 11) is 0. The van der Waals surface area contributed by atoms with Crippen LogP contribution in [0.15, 0.2) is 54.7 Å². The van der Waals surface area contributed by atoms with Gasteiger partial charge in [0.2, 0.25) is 0 Å². The molecule has 114 valence electrons. The van der Waals surface area contributed by atoms with E-state index in [1.54, 1.807) is 0 Å². The molecular formula is C20H23NO. The van der Waals surface area contributed by atoms with Crippen LogP contribution < -0.4 is 4.74 Å². The summed E-state index contributed by atoms with van der Waals surface area (Å²) in [6.07, 6.45) is 3.37. The maximum atomic E-state index is 6.04. The van der Waals surface area contributed by atoms with Gasteiger partial charge in [-0.1, -0.05) is 43.3 Å². The molecule has 2 aromatic carbocycles. The molecule has 1 N–H and O–H groups in total. The number of hydrogen-bond donors (Lipinski definition) is 1. The summed E-state index contributed by atoms with van der Waals surface area (Å²) in [5, 5.41) is 1.21. The van der Waals surface area contributed by atoms with Crippen molar-refractivity contribution in [3.8, 4) is 5.75 Å². The maximum absolute atomic E-state index is 6.04. The van der Waals surface area contributed by atoms with Crippen molar-refractivity contribution < 1.29 is 4.74 Å². The van der Waals surface area contributed by atoms with E-state index in [-0.39, 0.29) is 6.10 Å². The van der Waals surface area contributed by atoms with Crippen LogP contribution in [0, 0.1) is 0 Å². The van der Waals surface area contributed by atoms with Crippen LogP contribution >= 0.6 is 0 Å². The molecule has 0 spiro atoms. The van der Waals surface area contributed by atoms with Gasteiger partial charge in [0.05, 0.1) is 6.10 Å². The molecule has 0 amide bonds. The zero-order valence-electron chi connectivity index (χ0n) is 13.5. The van der Waals surface area contributed by atoms with Gasteiger partial charge in [-0.05, 0) is 43.5 Å². The average Bonchev–Trinajstić information content (AvgIpc) is 2.94. The van der Waals surface area contributed by atoms with Crippen LogP contribution in [0.5, 0.6) is 5.75 Å². The number of nitrogens with one attached hydrogen (secondary N) is 1. The number of rotatable bonds is 5. The number of fused-ring (bicyclic) bond motifs is 1. The van der Waals surface area contributed by atoms with E-state index in [0.717, 1.165) is 17.7 Å². The summed E-state index contributed by atoms with van der Waals surface area (Å²) in [5.74, 6) is 1.35. The van der Waals surface area contributed by atoms with Gasteiger partial charge in [-0.25, -0.2) is 0 Å². The first-order valence-electron chi connectivity index (χ1n) is 8.02. The lowest BCUT2D eigenvalue weighted by Gasteiger charge is -2.17. The van der Waals surface area contributed by atoms with E-state index in [4.69, 9.17) is 4.74 Å². The molecule has 1 aromatic heterocycles. The van der Waals surface area contributed by atoms with E-state index < -0.39 is 0 Å². The number of H-pyrrole nitrogens is 1. The number of benzene rings is 2. The van der Waals surface area contributed by atoms with Crippen molar-refractivity contribution in [1.82, 2.24) is 4.98 Å². The van der Waals surface area contributed by atoms with Gasteiger partial charge >= 0.3 is 0 Å². The maximum Gasteiger partial charge on any atom is 0.129 e. The van der Waals surface area contributed by atoms with E-state index in [0.29, 0.717) is 5.92 Å². The standard InChI is InChI=1S/C20H23NO/c1-4-16(15-9-6-5-7-10-15)17-13-21-18-11-8-12-19(20(17)18)22-14(2)3/h5-14,16,21H,4H2,1-3H3/t16-/m0/s1. The number of hydrogen-bond acceptors (Lipinski definition) is 1.